The maximum absolute atomic E-state index is 12.9. The molecule has 0 bridgehead atoms. The minimum atomic E-state index is -0.227. The Hall–Kier alpha value is -2.68. The molecule has 3 aromatic rings. The first-order valence-electron chi connectivity index (χ1n) is 8.66. The second-order valence-electron chi connectivity index (χ2n) is 6.25. The van der Waals surface area contributed by atoms with Crippen LogP contribution in [-0.2, 0) is 0 Å². The van der Waals surface area contributed by atoms with Crippen molar-refractivity contribution in [2.45, 2.75) is 25.3 Å². The Morgan fingerprint density at radius 2 is 2.19 bits per heavy atom. The Bertz CT molecular complexity index is 954. The number of carbonyl (C=O) groups excluding carboxylic acids is 1. The number of carbonyl (C=O) groups is 1. The molecule has 3 heterocycles. The lowest BCUT2D eigenvalue weighted by atomic mass is 10.0. The van der Waals surface area contributed by atoms with Gasteiger partial charge in [-0.25, -0.2) is 0 Å². The fraction of sp³-hybridized carbons (Fsp3) is 0.333. The molecule has 1 amide bonds. The van der Waals surface area contributed by atoms with Crippen molar-refractivity contribution in [2.24, 2.45) is 0 Å². The lowest BCUT2D eigenvalue weighted by Gasteiger charge is -2.33. The highest BCUT2D eigenvalue weighted by molar-refractivity contribution is 9.10. The van der Waals surface area contributed by atoms with Gasteiger partial charge in [0, 0.05) is 12.6 Å². The van der Waals surface area contributed by atoms with Gasteiger partial charge in [-0.1, -0.05) is 6.07 Å². The molecule has 0 N–H and O–H groups in total. The number of piperidine rings is 1. The van der Waals surface area contributed by atoms with Crippen LogP contribution in [0.4, 0.5) is 0 Å². The highest BCUT2D eigenvalue weighted by Gasteiger charge is 2.33. The van der Waals surface area contributed by atoms with Gasteiger partial charge in [-0.2, -0.15) is 0 Å². The summed E-state index contributed by atoms with van der Waals surface area (Å²) in [6, 6.07) is 10.6. The zero-order chi connectivity index (χ0) is 18.8. The van der Waals surface area contributed by atoms with E-state index >= 15 is 0 Å². The highest BCUT2D eigenvalue weighted by atomic mass is 79.9. The van der Waals surface area contributed by atoms with Crippen LogP contribution in [0.3, 0.4) is 0 Å². The molecule has 140 valence electrons. The molecule has 1 unspecified atom stereocenters. The zero-order valence-corrected chi connectivity index (χ0v) is 16.3. The van der Waals surface area contributed by atoms with Gasteiger partial charge in [0.05, 0.1) is 18.8 Å². The minimum Gasteiger partial charge on any atom is -0.497 e. The van der Waals surface area contributed by atoms with Crippen LogP contribution >= 0.6 is 15.9 Å². The van der Waals surface area contributed by atoms with Crippen molar-refractivity contribution in [3.63, 3.8) is 0 Å². The monoisotopic (exact) mass is 431 g/mol. The first-order chi connectivity index (χ1) is 13.2. The van der Waals surface area contributed by atoms with E-state index in [-0.39, 0.29) is 11.9 Å². The maximum atomic E-state index is 12.9. The summed E-state index contributed by atoms with van der Waals surface area (Å²) in [7, 11) is 1.61. The number of methoxy groups -OCH3 is 1. The third kappa shape index (κ3) is 3.59. The number of likely N-dealkylation sites (tertiary alicyclic amines) is 1. The molecule has 1 saturated heterocycles. The lowest BCUT2D eigenvalue weighted by molar-refractivity contribution is 0.0566. The summed E-state index contributed by atoms with van der Waals surface area (Å²) < 4.78 is 11.2. The van der Waals surface area contributed by atoms with Crippen LogP contribution in [0.15, 0.2) is 45.5 Å². The van der Waals surface area contributed by atoms with E-state index < -0.39 is 0 Å². The van der Waals surface area contributed by atoms with Gasteiger partial charge in [0.2, 0.25) is 0 Å². The van der Waals surface area contributed by atoms with E-state index in [9.17, 15) is 4.79 Å². The van der Waals surface area contributed by atoms with E-state index in [1.807, 2.05) is 24.3 Å². The average Bonchev–Trinajstić information content (AvgIpc) is 3.37. The van der Waals surface area contributed by atoms with Crippen LogP contribution < -0.4 is 4.74 Å². The number of nitrogens with zero attached hydrogens (tertiary/aromatic N) is 5. The van der Waals surface area contributed by atoms with E-state index in [2.05, 4.69) is 31.3 Å². The van der Waals surface area contributed by atoms with Gasteiger partial charge < -0.3 is 14.1 Å². The number of benzene rings is 1. The van der Waals surface area contributed by atoms with Crippen molar-refractivity contribution in [1.29, 1.82) is 0 Å². The molecule has 2 aromatic heterocycles. The largest absolute Gasteiger partial charge is 0.497 e. The number of hydrogen-bond acceptors (Lipinski definition) is 6. The summed E-state index contributed by atoms with van der Waals surface area (Å²) in [4.78, 5) is 16.1. The van der Waals surface area contributed by atoms with E-state index in [0.29, 0.717) is 28.5 Å². The Labute approximate surface area is 164 Å². The average molecular weight is 432 g/mol. The van der Waals surface area contributed by atoms with Crippen LogP contribution in [0.25, 0.3) is 5.69 Å². The fourth-order valence-electron chi connectivity index (χ4n) is 3.22. The van der Waals surface area contributed by atoms with Gasteiger partial charge in [-0.3, -0.25) is 4.79 Å². The smallest absolute Gasteiger partial charge is 0.290 e. The molecular weight excluding hydrogens is 414 g/mol. The van der Waals surface area contributed by atoms with Crippen LogP contribution in [0.2, 0.25) is 0 Å². The normalized spacial score (nSPS) is 17.1. The summed E-state index contributed by atoms with van der Waals surface area (Å²) in [6.07, 6.45) is 2.73. The number of halogens is 1. The Morgan fingerprint density at radius 3 is 2.96 bits per heavy atom. The number of rotatable bonds is 4. The molecule has 1 fully saturated rings. The number of hydrogen-bond donors (Lipinski definition) is 0. The Kier molecular flexibility index (Phi) is 4.93. The predicted octanol–water partition coefficient (Wildman–Crippen LogP) is 3.39. The summed E-state index contributed by atoms with van der Waals surface area (Å²) in [6.45, 7) is 0.634. The van der Waals surface area contributed by atoms with Crippen LogP contribution in [0.1, 0.15) is 41.7 Å². The second kappa shape index (κ2) is 7.51. The molecule has 0 spiro atoms. The summed E-state index contributed by atoms with van der Waals surface area (Å²) in [5.41, 5.74) is 0.747. The number of aromatic nitrogens is 4. The van der Waals surface area contributed by atoms with Gasteiger partial charge in [0.1, 0.15) is 5.75 Å². The maximum Gasteiger partial charge on any atom is 0.290 e. The summed E-state index contributed by atoms with van der Waals surface area (Å²) in [5, 5.41) is 12.9. The van der Waals surface area contributed by atoms with Crippen molar-refractivity contribution in [3.05, 3.63) is 52.7 Å². The van der Waals surface area contributed by atoms with Crippen molar-refractivity contribution in [2.75, 3.05) is 13.7 Å². The van der Waals surface area contributed by atoms with E-state index in [0.717, 1.165) is 24.9 Å². The number of ether oxygens (including phenoxy) is 1. The number of amides is 1. The molecule has 0 radical (unpaired) electrons. The number of tetrazole rings is 1. The third-order valence-corrected chi connectivity index (χ3v) is 4.99. The zero-order valence-electron chi connectivity index (χ0n) is 14.7. The van der Waals surface area contributed by atoms with Crippen molar-refractivity contribution < 1.29 is 13.9 Å². The van der Waals surface area contributed by atoms with Gasteiger partial charge in [-0.05, 0) is 64.7 Å². The first-order valence-corrected chi connectivity index (χ1v) is 9.45. The molecule has 1 aromatic carbocycles. The molecule has 0 saturated carbocycles. The molecule has 1 aliphatic rings. The van der Waals surface area contributed by atoms with Crippen molar-refractivity contribution >= 4 is 21.8 Å². The SMILES string of the molecule is COc1cccc(-n2nnc(C3CCCCN3C(=O)c3ccc(Br)o3)n2)c1. The first kappa shape index (κ1) is 17.7. The van der Waals surface area contributed by atoms with E-state index in [4.69, 9.17) is 9.15 Å². The Balaban J connectivity index is 1.61. The van der Waals surface area contributed by atoms with Gasteiger partial charge in [0.25, 0.3) is 5.91 Å². The predicted molar refractivity (Wildman–Crippen MR) is 99.7 cm³/mol. The molecule has 4 rings (SSSR count). The van der Waals surface area contributed by atoms with E-state index in [1.165, 1.54) is 4.80 Å². The highest BCUT2D eigenvalue weighted by Crippen LogP contribution is 2.31. The second-order valence-corrected chi connectivity index (χ2v) is 7.03. The van der Waals surface area contributed by atoms with Gasteiger partial charge in [-0.15, -0.1) is 15.0 Å². The lowest BCUT2D eigenvalue weighted by Crippen LogP contribution is -2.38. The molecular formula is C18H18BrN5O3. The quantitative estimate of drug-likeness (QED) is 0.628. The molecule has 1 atom stereocenters. The van der Waals surface area contributed by atoms with Gasteiger partial charge >= 0.3 is 0 Å². The van der Waals surface area contributed by atoms with Gasteiger partial charge in [0.15, 0.2) is 16.3 Å². The van der Waals surface area contributed by atoms with Crippen LogP contribution in [-0.4, -0.2) is 44.7 Å². The molecule has 0 aliphatic carbocycles. The van der Waals surface area contributed by atoms with Crippen LogP contribution in [0, 0.1) is 0 Å². The minimum absolute atomic E-state index is 0.164. The number of furan rings is 1. The summed E-state index contributed by atoms with van der Waals surface area (Å²) in [5.74, 6) is 1.37. The fourth-order valence-corrected chi connectivity index (χ4v) is 3.52. The standard InChI is InChI=1S/C18H18BrN5O3/c1-26-13-6-4-5-12(11-13)24-21-17(20-22-24)14-7-2-3-10-23(14)18(25)15-8-9-16(19)27-15/h4-6,8-9,11,14H,2-3,7,10H2,1H3. The summed E-state index contributed by atoms with van der Waals surface area (Å²) >= 11 is 3.24. The molecule has 27 heavy (non-hydrogen) atoms. The Morgan fingerprint density at radius 1 is 1.30 bits per heavy atom. The molecule has 9 heteroatoms. The molecule has 1 aliphatic heterocycles. The topological polar surface area (TPSA) is 86.3 Å². The molecule has 8 nitrogen and oxygen atoms in total. The van der Waals surface area contributed by atoms with Crippen LogP contribution in [0.5, 0.6) is 5.75 Å². The van der Waals surface area contributed by atoms with E-state index in [1.54, 1.807) is 24.1 Å². The third-order valence-electron chi connectivity index (χ3n) is 4.56. The van der Waals surface area contributed by atoms with Crippen molar-refractivity contribution in [1.82, 2.24) is 25.1 Å². The van der Waals surface area contributed by atoms with Crippen molar-refractivity contribution in [3.8, 4) is 11.4 Å².